The zero-order chi connectivity index (χ0) is 38.4. The maximum Gasteiger partial charge on any atom is 0.0546 e. The average molecular weight is 756 g/mol. The van der Waals surface area contributed by atoms with Crippen LogP contribution in [0.25, 0.3) is 86.2 Å². The van der Waals surface area contributed by atoms with Crippen LogP contribution in [0.1, 0.15) is 0 Å². The molecule has 0 aliphatic heterocycles. The third-order valence-electron chi connectivity index (χ3n) is 11.5. The summed E-state index contributed by atoms with van der Waals surface area (Å²) >= 11 is 1.88. The summed E-state index contributed by atoms with van der Waals surface area (Å²) in [5.41, 5.74) is 13.0. The van der Waals surface area contributed by atoms with Gasteiger partial charge in [-0.25, -0.2) is 0 Å². The minimum atomic E-state index is 1.10. The smallest absolute Gasteiger partial charge is 0.0546 e. The number of thiophene rings is 1. The normalized spacial score (nSPS) is 11.4. The summed E-state index contributed by atoms with van der Waals surface area (Å²) in [6.45, 7) is 0. The van der Waals surface area contributed by atoms with Crippen molar-refractivity contribution in [1.82, 2.24) is 0 Å². The fourth-order valence-electron chi connectivity index (χ4n) is 8.74. The van der Waals surface area contributed by atoms with Crippen molar-refractivity contribution in [3.8, 4) is 44.5 Å². The quantitative estimate of drug-likeness (QED) is 0.146. The van der Waals surface area contributed by atoms with Crippen LogP contribution >= 0.6 is 11.3 Å². The number of rotatable bonds is 7. The Kier molecular flexibility index (Phi) is 8.42. The molecular formula is C56H37NS. The lowest BCUT2D eigenvalue weighted by molar-refractivity contribution is 1.30. The maximum absolute atomic E-state index is 2.50. The predicted molar refractivity (Wildman–Crippen MR) is 251 cm³/mol. The van der Waals surface area contributed by atoms with Crippen LogP contribution in [0.5, 0.6) is 0 Å². The molecule has 0 bridgehead atoms. The molecule has 0 spiro atoms. The lowest BCUT2D eigenvalue weighted by Gasteiger charge is -2.30. The van der Waals surface area contributed by atoms with Gasteiger partial charge in [0.05, 0.1) is 11.4 Å². The average Bonchev–Trinajstić information content (AvgIpc) is 3.69. The van der Waals surface area contributed by atoms with Crippen LogP contribution in [-0.4, -0.2) is 0 Å². The van der Waals surface area contributed by atoms with Crippen molar-refractivity contribution < 1.29 is 0 Å². The second kappa shape index (κ2) is 14.4. The van der Waals surface area contributed by atoms with Gasteiger partial charge < -0.3 is 4.90 Å². The highest BCUT2D eigenvalue weighted by molar-refractivity contribution is 7.26. The Balaban J connectivity index is 1.17. The lowest BCUT2D eigenvalue weighted by atomic mass is 9.92. The fourth-order valence-corrected chi connectivity index (χ4v) is 9.97. The predicted octanol–water partition coefficient (Wildman–Crippen LogP) is 16.5. The summed E-state index contributed by atoms with van der Waals surface area (Å²) in [4.78, 5) is 2.50. The van der Waals surface area contributed by atoms with Gasteiger partial charge in [0.1, 0.15) is 0 Å². The molecule has 0 saturated carbocycles. The SMILES string of the molecule is c1ccc(-c2ccc(-c3ccc(N(c4ccccc4-c4cccc5c4sc4ccccc45)c4cc5ccccc5c5ccccc45)cc3-c3ccccc3)cc2)cc1. The topological polar surface area (TPSA) is 3.24 Å². The van der Waals surface area contributed by atoms with Crippen molar-refractivity contribution in [3.05, 3.63) is 224 Å². The summed E-state index contributed by atoms with van der Waals surface area (Å²) in [7, 11) is 0. The third kappa shape index (κ3) is 5.86. The molecule has 0 atom stereocenters. The van der Waals surface area contributed by atoms with Crippen LogP contribution in [0.4, 0.5) is 17.1 Å². The standard InChI is InChI=1S/C56H37NS/c1-3-16-38(17-4-1)39-30-32-41(33-31-39)45-35-34-43(37-52(45)40-18-5-2-6-19-40)57(54-36-42-20-7-8-21-44(42)46-22-9-10-23-47(46)54)53-28-13-11-24-48(53)50-26-15-27-51-49-25-12-14-29-55(49)58-56(50)51/h1-37H. The van der Waals surface area contributed by atoms with Gasteiger partial charge >= 0.3 is 0 Å². The number of fused-ring (bicyclic) bond motifs is 6. The van der Waals surface area contributed by atoms with E-state index in [1.54, 1.807) is 0 Å². The first kappa shape index (κ1) is 34.0. The Bertz CT molecular complexity index is 3270. The molecule has 2 heteroatoms. The van der Waals surface area contributed by atoms with Crippen LogP contribution in [-0.2, 0) is 0 Å². The van der Waals surface area contributed by atoms with E-state index in [-0.39, 0.29) is 0 Å². The van der Waals surface area contributed by atoms with Gasteiger partial charge in [-0.15, -0.1) is 11.3 Å². The van der Waals surface area contributed by atoms with E-state index >= 15 is 0 Å². The summed E-state index contributed by atoms with van der Waals surface area (Å²) in [6.07, 6.45) is 0. The van der Waals surface area contributed by atoms with E-state index in [4.69, 9.17) is 0 Å². The Hall–Kier alpha value is -7.26. The summed E-state index contributed by atoms with van der Waals surface area (Å²) in [5.74, 6) is 0. The number of hydrogen-bond donors (Lipinski definition) is 0. The van der Waals surface area contributed by atoms with E-state index in [0.717, 1.165) is 17.1 Å². The van der Waals surface area contributed by atoms with Crippen molar-refractivity contribution in [1.29, 1.82) is 0 Å². The van der Waals surface area contributed by atoms with Crippen LogP contribution in [0.15, 0.2) is 224 Å². The van der Waals surface area contributed by atoms with Crippen LogP contribution in [0.2, 0.25) is 0 Å². The van der Waals surface area contributed by atoms with Crippen molar-refractivity contribution in [2.75, 3.05) is 4.90 Å². The van der Waals surface area contributed by atoms with E-state index in [0.29, 0.717) is 0 Å². The maximum atomic E-state index is 2.50. The third-order valence-corrected chi connectivity index (χ3v) is 12.7. The number of para-hydroxylation sites is 1. The number of hydrogen-bond acceptors (Lipinski definition) is 2. The van der Waals surface area contributed by atoms with Crippen LogP contribution in [0.3, 0.4) is 0 Å². The highest BCUT2D eigenvalue weighted by Gasteiger charge is 2.23. The molecule has 0 aliphatic carbocycles. The molecular weight excluding hydrogens is 719 g/mol. The second-order valence-electron chi connectivity index (χ2n) is 14.8. The molecule has 0 saturated heterocycles. The second-order valence-corrected chi connectivity index (χ2v) is 15.9. The molecule has 0 unspecified atom stereocenters. The first-order valence-electron chi connectivity index (χ1n) is 19.8. The van der Waals surface area contributed by atoms with Gasteiger partial charge in [0.2, 0.25) is 0 Å². The van der Waals surface area contributed by atoms with Gasteiger partial charge in [-0.3, -0.25) is 0 Å². The minimum Gasteiger partial charge on any atom is -0.309 e. The van der Waals surface area contributed by atoms with Crippen molar-refractivity contribution in [2.45, 2.75) is 0 Å². The molecule has 11 aromatic rings. The monoisotopic (exact) mass is 755 g/mol. The molecule has 10 aromatic carbocycles. The Morgan fingerprint density at radius 1 is 0.293 bits per heavy atom. The molecule has 0 aliphatic rings. The highest BCUT2D eigenvalue weighted by atomic mass is 32.1. The van der Waals surface area contributed by atoms with Crippen molar-refractivity contribution in [3.63, 3.8) is 0 Å². The molecule has 0 amide bonds. The van der Waals surface area contributed by atoms with Crippen LogP contribution < -0.4 is 4.90 Å². The Labute approximate surface area is 342 Å². The molecule has 272 valence electrons. The minimum absolute atomic E-state index is 1.10. The molecule has 1 aromatic heterocycles. The van der Waals surface area contributed by atoms with Gasteiger partial charge in [-0.2, -0.15) is 0 Å². The van der Waals surface area contributed by atoms with Gasteiger partial charge in [0, 0.05) is 42.4 Å². The summed E-state index contributed by atoms with van der Waals surface area (Å²) < 4.78 is 2.61. The van der Waals surface area contributed by atoms with E-state index in [9.17, 15) is 0 Å². The molecule has 1 nitrogen and oxygen atoms in total. The number of nitrogens with zero attached hydrogens (tertiary/aromatic N) is 1. The zero-order valence-electron chi connectivity index (χ0n) is 31.7. The van der Waals surface area contributed by atoms with Crippen molar-refractivity contribution in [2.24, 2.45) is 0 Å². The summed E-state index contributed by atoms with van der Waals surface area (Å²) in [6, 6.07) is 82.0. The number of anilines is 3. The zero-order valence-corrected chi connectivity index (χ0v) is 32.5. The van der Waals surface area contributed by atoms with Crippen LogP contribution in [0, 0.1) is 0 Å². The summed E-state index contributed by atoms with van der Waals surface area (Å²) in [5, 5.41) is 7.51. The molecule has 11 rings (SSSR count). The van der Waals surface area contributed by atoms with Gasteiger partial charge in [-0.05, 0) is 79.9 Å². The largest absolute Gasteiger partial charge is 0.309 e. The number of benzene rings is 10. The first-order valence-corrected chi connectivity index (χ1v) is 20.7. The first-order chi connectivity index (χ1) is 28.8. The molecule has 0 fully saturated rings. The molecule has 0 radical (unpaired) electrons. The fraction of sp³-hybridized carbons (Fsp3) is 0. The Morgan fingerprint density at radius 2 is 0.862 bits per heavy atom. The lowest BCUT2D eigenvalue weighted by Crippen LogP contribution is -2.12. The highest BCUT2D eigenvalue weighted by Crippen LogP contribution is 2.49. The van der Waals surface area contributed by atoms with E-state index in [1.807, 2.05) is 11.3 Å². The molecule has 1 heterocycles. The van der Waals surface area contributed by atoms with E-state index in [2.05, 4.69) is 229 Å². The van der Waals surface area contributed by atoms with Crippen molar-refractivity contribution >= 4 is 70.1 Å². The Morgan fingerprint density at radius 3 is 1.67 bits per heavy atom. The molecule has 0 N–H and O–H groups in total. The van der Waals surface area contributed by atoms with Gasteiger partial charge in [0.25, 0.3) is 0 Å². The van der Waals surface area contributed by atoms with E-state index in [1.165, 1.54) is 86.2 Å². The van der Waals surface area contributed by atoms with E-state index < -0.39 is 0 Å². The molecule has 58 heavy (non-hydrogen) atoms. The van der Waals surface area contributed by atoms with Gasteiger partial charge in [0.15, 0.2) is 0 Å². The van der Waals surface area contributed by atoms with Gasteiger partial charge in [-0.1, -0.05) is 194 Å².